The van der Waals surface area contributed by atoms with Crippen molar-refractivity contribution >= 4 is 11.6 Å². The van der Waals surface area contributed by atoms with Crippen molar-refractivity contribution in [1.82, 2.24) is 9.80 Å². The Morgan fingerprint density at radius 2 is 1.96 bits per heavy atom. The van der Waals surface area contributed by atoms with Crippen molar-refractivity contribution in [3.8, 4) is 0 Å². The molecular formula is C21H33N3O. The molecule has 0 aliphatic carbocycles. The Bertz CT molecular complexity index is 566. The lowest BCUT2D eigenvalue weighted by Gasteiger charge is -2.37. The number of anilines is 1. The normalized spacial score (nSPS) is 22.5. The molecule has 1 saturated heterocycles. The average molecular weight is 344 g/mol. The number of hydrogen-bond donors (Lipinski definition) is 1. The molecule has 1 N–H and O–H groups in total. The molecule has 2 heterocycles. The van der Waals surface area contributed by atoms with Crippen LogP contribution in [0.15, 0.2) is 24.3 Å². The number of carbonyl (C=O) groups excluding carboxylic acids is 1. The molecule has 3 rings (SSSR count). The molecule has 1 aromatic rings. The molecule has 4 heteroatoms. The number of para-hydroxylation sites is 1. The highest BCUT2D eigenvalue weighted by molar-refractivity contribution is 5.96. The van der Waals surface area contributed by atoms with Crippen LogP contribution >= 0.6 is 0 Å². The minimum atomic E-state index is 0.0335. The molecule has 1 amide bonds. The van der Waals surface area contributed by atoms with E-state index in [9.17, 15) is 4.79 Å². The van der Waals surface area contributed by atoms with E-state index in [1.165, 1.54) is 44.3 Å². The molecule has 0 saturated carbocycles. The van der Waals surface area contributed by atoms with E-state index in [1.807, 2.05) is 12.1 Å². The summed E-state index contributed by atoms with van der Waals surface area (Å²) < 4.78 is 0. The van der Waals surface area contributed by atoms with Gasteiger partial charge in [-0.25, -0.2) is 0 Å². The molecular weight excluding hydrogens is 310 g/mol. The second kappa shape index (κ2) is 8.81. The summed E-state index contributed by atoms with van der Waals surface area (Å²) in [6.07, 6.45) is 6.91. The van der Waals surface area contributed by atoms with E-state index >= 15 is 0 Å². The third kappa shape index (κ3) is 4.83. The van der Waals surface area contributed by atoms with Crippen molar-refractivity contribution in [2.24, 2.45) is 5.92 Å². The zero-order valence-electron chi connectivity index (χ0n) is 15.8. The molecule has 0 spiro atoms. The van der Waals surface area contributed by atoms with Gasteiger partial charge in [-0.15, -0.1) is 0 Å². The summed E-state index contributed by atoms with van der Waals surface area (Å²) in [6, 6.07) is 8.25. The van der Waals surface area contributed by atoms with E-state index in [4.69, 9.17) is 0 Å². The molecule has 0 bridgehead atoms. The van der Waals surface area contributed by atoms with Crippen molar-refractivity contribution < 1.29 is 4.79 Å². The van der Waals surface area contributed by atoms with Gasteiger partial charge >= 0.3 is 0 Å². The van der Waals surface area contributed by atoms with Gasteiger partial charge in [0, 0.05) is 12.2 Å². The first-order valence-corrected chi connectivity index (χ1v) is 9.98. The van der Waals surface area contributed by atoms with Crippen molar-refractivity contribution in [3.05, 3.63) is 29.8 Å². The quantitative estimate of drug-likeness (QED) is 0.860. The maximum Gasteiger partial charge on any atom is 0.241 e. The van der Waals surface area contributed by atoms with E-state index < -0.39 is 0 Å². The Balaban J connectivity index is 1.50. The van der Waals surface area contributed by atoms with E-state index in [0.717, 1.165) is 37.5 Å². The summed E-state index contributed by atoms with van der Waals surface area (Å²) in [4.78, 5) is 17.6. The first-order chi connectivity index (χ1) is 12.2. The molecule has 2 aliphatic rings. The van der Waals surface area contributed by atoms with Crippen molar-refractivity contribution in [2.75, 3.05) is 38.5 Å². The Morgan fingerprint density at radius 3 is 2.72 bits per heavy atom. The third-order valence-electron chi connectivity index (χ3n) is 5.82. The number of fused-ring (bicyclic) bond motifs is 1. The lowest BCUT2D eigenvalue weighted by Crippen LogP contribution is -2.48. The number of nitrogens with zero attached hydrogens (tertiary/aromatic N) is 2. The number of piperidine rings is 1. The summed E-state index contributed by atoms with van der Waals surface area (Å²) in [7, 11) is 2.25. The summed E-state index contributed by atoms with van der Waals surface area (Å²) in [5, 5.41) is 3.15. The highest BCUT2D eigenvalue weighted by Crippen LogP contribution is 2.27. The van der Waals surface area contributed by atoms with Crippen LogP contribution in [0.4, 0.5) is 5.69 Å². The Morgan fingerprint density at radius 1 is 1.20 bits per heavy atom. The summed E-state index contributed by atoms with van der Waals surface area (Å²) in [5.74, 6) is 0.965. The maximum atomic E-state index is 12.7. The SMILES string of the molecule is CCCCN(C)CC1CCN(C2CCc3ccccc3NC2=O)CC1. The number of amides is 1. The predicted molar refractivity (Wildman–Crippen MR) is 104 cm³/mol. The minimum Gasteiger partial charge on any atom is -0.324 e. The van der Waals surface area contributed by atoms with E-state index in [0.29, 0.717) is 0 Å². The monoisotopic (exact) mass is 343 g/mol. The molecule has 1 fully saturated rings. The zero-order valence-corrected chi connectivity index (χ0v) is 15.8. The van der Waals surface area contributed by atoms with Gasteiger partial charge in [-0.2, -0.15) is 0 Å². The summed E-state index contributed by atoms with van der Waals surface area (Å²) in [6.45, 7) is 6.78. The first kappa shape index (κ1) is 18.4. The fourth-order valence-corrected chi connectivity index (χ4v) is 4.26. The fraction of sp³-hybridized carbons (Fsp3) is 0.667. The Kier molecular flexibility index (Phi) is 6.49. The van der Waals surface area contributed by atoms with Crippen molar-refractivity contribution in [3.63, 3.8) is 0 Å². The lowest BCUT2D eigenvalue weighted by molar-refractivity contribution is -0.122. The molecule has 0 aromatic heterocycles. The minimum absolute atomic E-state index is 0.0335. The van der Waals surface area contributed by atoms with Gasteiger partial charge in [-0.3, -0.25) is 9.69 Å². The number of carbonyl (C=O) groups is 1. The van der Waals surface area contributed by atoms with Crippen LogP contribution in [0.2, 0.25) is 0 Å². The largest absolute Gasteiger partial charge is 0.324 e. The second-order valence-corrected chi connectivity index (χ2v) is 7.80. The molecule has 2 aliphatic heterocycles. The molecule has 25 heavy (non-hydrogen) atoms. The molecule has 1 aromatic carbocycles. The maximum absolute atomic E-state index is 12.7. The number of likely N-dealkylation sites (tertiary alicyclic amines) is 1. The van der Waals surface area contributed by atoms with Crippen LogP contribution < -0.4 is 5.32 Å². The molecule has 4 nitrogen and oxygen atoms in total. The van der Waals surface area contributed by atoms with Gasteiger partial charge in [-0.1, -0.05) is 31.5 Å². The average Bonchev–Trinajstić information content (AvgIpc) is 2.79. The molecule has 1 atom stereocenters. The van der Waals surface area contributed by atoms with Crippen LogP contribution in [-0.2, 0) is 11.2 Å². The van der Waals surface area contributed by atoms with Gasteiger partial charge in [0.25, 0.3) is 0 Å². The van der Waals surface area contributed by atoms with Crippen LogP contribution in [-0.4, -0.2) is 55.0 Å². The Hall–Kier alpha value is -1.39. The number of hydrogen-bond acceptors (Lipinski definition) is 3. The van der Waals surface area contributed by atoms with E-state index in [-0.39, 0.29) is 11.9 Å². The van der Waals surface area contributed by atoms with Crippen molar-refractivity contribution in [2.45, 2.75) is 51.5 Å². The highest BCUT2D eigenvalue weighted by Gasteiger charge is 2.31. The zero-order chi connectivity index (χ0) is 17.6. The fourth-order valence-electron chi connectivity index (χ4n) is 4.26. The van der Waals surface area contributed by atoms with Crippen LogP contribution in [0.25, 0.3) is 0 Å². The van der Waals surface area contributed by atoms with Gasteiger partial charge in [0.05, 0.1) is 6.04 Å². The Labute approximate surface area is 152 Å². The van der Waals surface area contributed by atoms with E-state index in [1.54, 1.807) is 0 Å². The first-order valence-electron chi connectivity index (χ1n) is 9.98. The van der Waals surface area contributed by atoms with Gasteiger partial charge in [0.2, 0.25) is 5.91 Å². The number of rotatable bonds is 6. The summed E-state index contributed by atoms with van der Waals surface area (Å²) >= 11 is 0. The topological polar surface area (TPSA) is 35.6 Å². The number of unbranched alkanes of at least 4 members (excludes halogenated alkanes) is 1. The number of aryl methyl sites for hydroxylation is 1. The molecule has 1 unspecified atom stereocenters. The van der Waals surface area contributed by atoms with Crippen LogP contribution in [0, 0.1) is 5.92 Å². The lowest BCUT2D eigenvalue weighted by atomic mass is 9.94. The third-order valence-corrected chi connectivity index (χ3v) is 5.82. The van der Waals surface area contributed by atoms with Gasteiger partial charge < -0.3 is 10.2 Å². The van der Waals surface area contributed by atoms with Crippen LogP contribution in [0.3, 0.4) is 0 Å². The standard InChI is InChI=1S/C21H33N3O/c1-3-4-13-23(2)16-17-11-14-24(15-12-17)20-10-9-18-7-5-6-8-19(18)22-21(20)25/h5-8,17,20H,3-4,9-16H2,1-2H3,(H,22,25). The smallest absolute Gasteiger partial charge is 0.241 e. The van der Waals surface area contributed by atoms with Crippen LogP contribution in [0.5, 0.6) is 0 Å². The van der Waals surface area contributed by atoms with Gasteiger partial charge in [0.15, 0.2) is 0 Å². The van der Waals surface area contributed by atoms with E-state index in [2.05, 4.69) is 41.2 Å². The predicted octanol–water partition coefficient (Wildman–Crippen LogP) is 3.38. The molecule has 0 radical (unpaired) electrons. The molecule has 138 valence electrons. The second-order valence-electron chi connectivity index (χ2n) is 7.80. The van der Waals surface area contributed by atoms with Crippen LogP contribution in [0.1, 0.15) is 44.6 Å². The number of benzene rings is 1. The number of nitrogens with one attached hydrogen (secondary N) is 1. The van der Waals surface area contributed by atoms with Gasteiger partial charge in [0.1, 0.15) is 0 Å². The highest BCUT2D eigenvalue weighted by atomic mass is 16.2. The summed E-state index contributed by atoms with van der Waals surface area (Å²) in [5.41, 5.74) is 2.27. The van der Waals surface area contributed by atoms with Gasteiger partial charge in [-0.05, 0) is 76.3 Å². The van der Waals surface area contributed by atoms with Crippen molar-refractivity contribution in [1.29, 1.82) is 0 Å².